The first kappa shape index (κ1) is 14.6. The van der Waals surface area contributed by atoms with E-state index < -0.39 is 0 Å². The van der Waals surface area contributed by atoms with Gasteiger partial charge in [0, 0.05) is 38.0 Å². The molecule has 0 atom stereocenters. The zero-order valence-corrected chi connectivity index (χ0v) is 12.6. The fourth-order valence-electron chi connectivity index (χ4n) is 2.40. The minimum Gasteiger partial charge on any atom is -0.335 e. The summed E-state index contributed by atoms with van der Waals surface area (Å²) in [5, 5.41) is 0. The number of carbonyl (C=O) groups excluding carboxylic acids is 1. The molecule has 0 saturated heterocycles. The lowest BCUT2D eigenvalue weighted by atomic mass is 9.83. The summed E-state index contributed by atoms with van der Waals surface area (Å²) in [6.07, 6.45) is 4.68. The maximum absolute atomic E-state index is 12.4. The summed E-state index contributed by atoms with van der Waals surface area (Å²) in [4.78, 5) is 25.8. The van der Waals surface area contributed by atoms with Crippen LogP contribution in [0.25, 0.3) is 0 Å². The minimum absolute atomic E-state index is 0.0630. The average Bonchev–Trinajstić information content (AvgIpc) is 2.40. The molecule has 108 valence electrons. The van der Waals surface area contributed by atoms with E-state index in [0.717, 1.165) is 13.0 Å². The molecule has 0 bridgehead atoms. The Labute approximate surface area is 119 Å². The van der Waals surface area contributed by atoms with Crippen molar-refractivity contribution in [2.24, 2.45) is 12.5 Å². The maximum Gasteiger partial charge on any atom is 0.254 e. The second kappa shape index (κ2) is 5.27. The third kappa shape index (κ3) is 3.00. The van der Waals surface area contributed by atoms with Crippen molar-refractivity contribution >= 4 is 5.91 Å². The van der Waals surface area contributed by atoms with Crippen LogP contribution in [-0.4, -0.2) is 28.5 Å². The Bertz CT molecular complexity index is 606. The second-order valence-electron chi connectivity index (χ2n) is 6.35. The van der Waals surface area contributed by atoms with Crippen LogP contribution in [0.3, 0.4) is 0 Å². The Morgan fingerprint density at radius 1 is 1.30 bits per heavy atom. The molecule has 20 heavy (non-hydrogen) atoms. The molecule has 0 aromatic carbocycles. The molecule has 0 fully saturated rings. The quantitative estimate of drug-likeness (QED) is 0.737. The van der Waals surface area contributed by atoms with Crippen molar-refractivity contribution in [1.82, 2.24) is 9.47 Å². The number of hydrogen-bond acceptors (Lipinski definition) is 2. The van der Waals surface area contributed by atoms with Crippen molar-refractivity contribution in [3.05, 3.63) is 45.9 Å². The standard InChI is InChI=1S/C16H22N2O2/c1-16(2,3)13-6-9-18(10-7-13)15(20)12-5-8-17(4)14(19)11-12/h5-6,8,11H,7,9-10H2,1-4H3. The van der Waals surface area contributed by atoms with E-state index in [1.807, 2.05) is 0 Å². The lowest BCUT2D eigenvalue weighted by molar-refractivity contribution is 0.0764. The highest BCUT2D eigenvalue weighted by Crippen LogP contribution is 2.30. The van der Waals surface area contributed by atoms with Crippen LogP contribution in [0.15, 0.2) is 34.8 Å². The van der Waals surface area contributed by atoms with E-state index in [-0.39, 0.29) is 16.9 Å². The highest BCUT2D eigenvalue weighted by molar-refractivity contribution is 5.94. The normalized spacial score (nSPS) is 16.0. The van der Waals surface area contributed by atoms with Gasteiger partial charge in [-0.2, -0.15) is 0 Å². The van der Waals surface area contributed by atoms with Gasteiger partial charge >= 0.3 is 0 Å². The van der Waals surface area contributed by atoms with E-state index >= 15 is 0 Å². The van der Waals surface area contributed by atoms with Gasteiger partial charge in [-0.1, -0.05) is 32.4 Å². The van der Waals surface area contributed by atoms with Crippen molar-refractivity contribution < 1.29 is 4.79 Å². The van der Waals surface area contributed by atoms with Gasteiger partial charge in [0.25, 0.3) is 11.5 Å². The van der Waals surface area contributed by atoms with Gasteiger partial charge in [-0.25, -0.2) is 0 Å². The Hall–Kier alpha value is -1.84. The summed E-state index contributed by atoms with van der Waals surface area (Å²) in [6.45, 7) is 7.92. The maximum atomic E-state index is 12.4. The van der Waals surface area contributed by atoms with E-state index in [9.17, 15) is 9.59 Å². The molecule has 4 heteroatoms. The molecule has 0 saturated carbocycles. The molecule has 1 aromatic heterocycles. The number of nitrogens with zero attached hydrogens (tertiary/aromatic N) is 2. The largest absolute Gasteiger partial charge is 0.335 e. The van der Waals surface area contributed by atoms with E-state index in [2.05, 4.69) is 26.8 Å². The first-order valence-corrected chi connectivity index (χ1v) is 6.94. The van der Waals surface area contributed by atoms with Crippen LogP contribution in [0.1, 0.15) is 37.6 Å². The van der Waals surface area contributed by atoms with Crippen LogP contribution >= 0.6 is 0 Å². The van der Waals surface area contributed by atoms with Crippen LogP contribution < -0.4 is 5.56 Å². The van der Waals surface area contributed by atoms with Crippen LogP contribution in [0, 0.1) is 5.41 Å². The van der Waals surface area contributed by atoms with E-state index in [1.54, 1.807) is 24.2 Å². The fourth-order valence-corrected chi connectivity index (χ4v) is 2.40. The second-order valence-corrected chi connectivity index (χ2v) is 6.35. The fraction of sp³-hybridized carbons (Fsp3) is 0.500. The lowest BCUT2D eigenvalue weighted by Gasteiger charge is -2.32. The third-order valence-corrected chi connectivity index (χ3v) is 3.81. The van der Waals surface area contributed by atoms with Crippen molar-refractivity contribution in [2.75, 3.05) is 13.1 Å². The average molecular weight is 274 g/mol. The lowest BCUT2D eigenvalue weighted by Crippen LogP contribution is -2.37. The van der Waals surface area contributed by atoms with Crippen LogP contribution in [0.5, 0.6) is 0 Å². The van der Waals surface area contributed by atoms with Crippen molar-refractivity contribution in [3.63, 3.8) is 0 Å². The first-order valence-electron chi connectivity index (χ1n) is 6.94. The van der Waals surface area contributed by atoms with E-state index in [1.165, 1.54) is 16.2 Å². The molecular formula is C16H22N2O2. The summed E-state index contributed by atoms with van der Waals surface area (Å²) in [7, 11) is 1.68. The summed E-state index contributed by atoms with van der Waals surface area (Å²) in [6, 6.07) is 3.11. The Balaban J connectivity index is 2.14. The Kier molecular flexibility index (Phi) is 3.84. The summed E-state index contributed by atoms with van der Waals surface area (Å²) in [5.74, 6) is -0.0630. The molecular weight excluding hydrogens is 252 g/mol. The van der Waals surface area contributed by atoms with Gasteiger partial charge in [-0.3, -0.25) is 9.59 Å². The molecule has 4 nitrogen and oxygen atoms in total. The molecule has 0 aliphatic carbocycles. The van der Waals surface area contributed by atoms with E-state index in [0.29, 0.717) is 12.1 Å². The molecule has 2 heterocycles. The zero-order chi connectivity index (χ0) is 14.9. The smallest absolute Gasteiger partial charge is 0.254 e. The first-order chi connectivity index (χ1) is 9.29. The highest BCUT2D eigenvalue weighted by Gasteiger charge is 2.24. The van der Waals surface area contributed by atoms with Crippen molar-refractivity contribution in [3.8, 4) is 0 Å². The number of amides is 1. The van der Waals surface area contributed by atoms with Crippen molar-refractivity contribution in [1.29, 1.82) is 0 Å². The topological polar surface area (TPSA) is 42.3 Å². The highest BCUT2D eigenvalue weighted by atomic mass is 16.2. The number of rotatable bonds is 1. The van der Waals surface area contributed by atoms with E-state index in [4.69, 9.17) is 0 Å². The predicted octanol–water partition coefficient (Wildman–Crippen LogP) is 2.20. The van der Waals surface area contributed by atoms with Crippen molar-refractivity contribution in [2.45, 2.75) is 27.2 Å². The Morgan fingerprint density at radius 3 is 2.50 bits per heavy atom. The molecule has 2 rings (SSSR count). The SMILES string of the molecule is Cn1ccc(C(=O)N2CC=C(C(C)(C)C)CC2)cc1=O. The van der Waals surface area contributed by atoms with Gasteiger partial charge in [0.05, 0.1) is 0 Å². The molecule has 1 aliphatic heterocycles. The number of aryl methyl sites for hydroxylation is 1. The summed E-state index contributed by atoms with van der Waals surface area (Å²) in [5.41, 5.74) is 1.88. The zero-order valence-electron chi connectivity index (χ0n) is 12.6. The van der Waals surface area contributed by atoms with Crippen LogP contribution in [-0.2, 0) is 7.05 Å². The van der Waals surface area contributed by atoms with Crippen LogP contribution in [0.2, 0.25) is 0 Å². The molecule has 1 aromatic rings. The molecule has 0 spiro atoms. The van der Waals surface area contributed by atoms with Gasteiger partial charge < -0.3 is 9.47 Å². The predicted molar refractivity (Wildman–Crippen MR) is 79.7 cm³/mol. The molecule has 0 unspecified atom stereocenters. The monoisotopic (exact) mass is 274 g/mol. The number of carbonyl (C=O) groups is 1. The van der Waals surface area contributed by atoms with Gasteiger partial charge in [-0.15, -0.1) is 0 Å². The number of hydrogen-bond donors (Lipinski definition) is 0. The molecule has 0 radical (unpaired) electrons. The molecule has 0 N–H and O–H groups in total. The van der Waals surface area contributed by atoms with Gasteiger partial charge in [0.1, 0.15) is 0 Å². The number of aromatic nitrogens is 1. The number of pyridine rings is 1. The van der Waals surface area contributed by atoms with Gasteiger partial charge in [-0.05, 0) is 17.9 Å². The summed E-state index contributed by atoms with van der Waals surface area (Å²) < 4.78 is 1.46. The van der Waals surface area contributed by atoms with Gasteiger partial charge in [0.2, 0.25) is 0 Å². The molecule has 1 amide bonds. The van der Waals surface area contributed by atoms with Gasteiger partial charge in [0.15, 0.2) is 0 Å². The van der Waals surface area contributed by atoms with Crippen LogP contribution in [0.4, 0.5) is 0 Å². The third-order valence-electron chi connectivity index (χ3n) is 3.81. The minimum atomic E-state index is -0.154. The Morgan fingerprint density at radius 2 is 2.00 bits per heavy atom. The molecule has 1 aliphatic rings. The summed E-state index contributed by atoms with van der Waals surface area (Å²) >= 11 is 0.